The molecule has 2 heterocycles. The predicted octanol–water partition coefficient (Wildman–Crippen LogP) is 5.35. The van der Waals surface area contributed by atoms with Gasteiger partial charge in [-0.25, -0.2) is 4.98 Å². The zero-order chi connectivity index (χ0) is 36.2. The van der Waals surface area contributed by atoms with Gasteiger partial charge in [-0.15, -0.1) is 0 Å². The highest BCUT2D eigenvalue weighted by atomic mass is 16.5. The SMILES string of the molecule is CC[C@H](C)[C@@H]([C@@H](CC(=O)N1CCC[C@H]1[C@H](OC)[C@@H](C)C(=O)CCCc1cnc[nH]1)OC)N(C)C(=O)[C@@H](CC(=O)c1ccc(N)cc1)C(C)C. The van der Waals surface area contributed by atoms with Crippen molar-refractivity contribution in [2.75, 3.05) is 33.5 Å². The summed E-state index contributed by atoms with van der Waals surface area (Å²) in [5.41, 5.74) is 7.90. The Kier molecular flexibility index (Phi) is 15.4. The van der Waals surface area contributed by atoms with Crippen molar-refractivity contribution in [1.82, 2.24) is 19.8 Å². The number of carbonyl (C=O) groups excluding carboxylic acids is 4. The number of nitrogens with zero attached hydrogens (tertiary/aromatic N) is 3. The lowest BCUT2D eigenvalue weighted by Gasteiger charge is -2.40. The van der Waals surface area contributed by atoms with Gasteiger partial charge < -0.3 is 30.0 Å². The number of ketones is 2. The maximum absolute atomic E-state index is 14.1. The fraction of sp³-hybridized carbons (Fsp3) is 0.658. The molecule has 49 heavy (non-hydrogen) atoms. The third-order valence-corrected chi connectivity index (χ3v) is 10.5. The van der Waals surface area contributed by atoms with E-state index in [9.17, 15) is 19.2 Å². The van der Waals surface area contributed by atoms with Gasteiger partial charge in [-0.2, -0.15) is 0 Å². The highest BCUT2D eigenvalue weighted by Gasteiger charge is 2.42. The van der Waals surface area contributed by atoms with Crippen LogP contribution in [0.3, 0.4) is 0 Å². The smallest absolute Gasteiger partial charge is 0.226 e. The number of nitrogens with one attached hydrogen (secondary N) is 1. The molecule has 1 aliphatic heterocycles. The fourth-order valence-electron chi connectivity index (χ4n) is 7.30. The Morgan fingerprint density at radius 1 is 1.06 bits per heavy atom. The lowest BCUT2D eigenvalue weighted by molar-refractivity contribution is -0.148. The molecule has 1 fully saturated rings. The van der Waals surface area contributed by atoms with Gasteiger partial charge >= 0.3 is 0 Å². The van der Waals surface area contributed by atoms with Gasteiger partial charge in [0.15, 0.2) is 5.78 Å². The molecule has 1 saturated heterocycles. The number of likely N-dealkylation sites (tertiary alicyclic amines) is 1. The average molecular weight is 682 g/mol. The van der Waals surface area contributed by atoms with E-state index in [4.69, 9.17) is 15.2 Å². The van der Waals surface area contributed by atoms with E-state index >= 15 is 0 Å². The zero-order valence-corrected chi connectivity index (χ0v) is 30.8. The number of nitrogen functional groups attached to an aromatic ring is 1. The van der Waals surface area contributed by atoms with E-state index in [1.54, 1.807) is 63.0 Å². The predicted molar refractivity (Wildman–Crippen MR) is 191 cm³/mol. The van der Waals surface area contributed by atoms with Crippen molar-refractivity contribution in [3.8, 4) is 0 Å². The monoisotopic (exact) mass is 681 g/mol. The summed E-state index contributed by atoms with van der Waals surface area (Å²) in [6.07, 6.45) is 6.78. The second-order valence-electron chi connectivity index (χ2n) is 14.1. The number of aryl methyl sites for hydroxylation is 1. The number of imidazole rings is 1. The van der Waals surface area contributed by atoms with Crippen molar-refractivity contribution in [2.24, 2.45) is 23.7 Å². The minimum absolute atomic E-state index is 0.0211. The van der Waals surface area contributed by atoms with Crippen molar-refractivity contribution < 1.29 is 28.7 Å². The molecule has 0 saturated carbocycles. The van der Waals surface area contributed by atoms with E-state index in [2.05, 4.69) is 23.8 Å². The van der Waals surface area contributed by atoms with E-state index in [0.717, 1.165) is 31.4 Å². The number of rotatable bonds is 20. The summed E-state index contributed by atoms with van der Waals surface area (Å²) >= 11 is 0. The molecule has 11 heteroatoms. The molecule has 272 valence electrons. The van der Waals surface area contributed by atoms with Crippen LogP contribution in [0.4, 0.5) is 5.69 Å². The number of methoxy groups -OCH3 is 2. The number of aromatic nitrogens is 2. The van der Waals surface area contributed by atoms with Gasteiger partial charge in [0.05, 0.1) is 37.0 Å². The van der Waals surface area contributed by atoms with Gasteiger partial charge in [-0.05, 0) is 61.8 Å². The maximum Gasteiger partial charge on any atom is 0.226 e. The van der Waals surface area contributed by atoms with Crippen LogP contribution in [0.25, 0.3) is 0 Å². The molecule has 0 aliphatic carbocycles. The van der Waals surface area contributed by atoms with Gasteiger partial charge in [0.25, 0.3) is 0 Å². The largest absolute Gasteiger partial charge is 0.399 e. The molecule has 1 aromatic carbocycles. The number of anilines is 1. The Labute approximate surface area is 292 Å². The number of nitrogens with two attached hydrogens (primary N) is 1. The number of benzene rings is 1. The quantitative estimate of drug-likeness (QED) is 0.140. The number of hydrogen-bond acceptors (Lipinski definition) is 8. The molecular weight excluding hydrogens is 622 g/mol. The highest BCUT2D eigenvalue weighted by molar-refractivity contribution is 5.99. The van der Waals surface area contributed by atoms with Gasteiger partial charge in [0.2, 0.25) is 11.8 Å². The number of likely N-dealkylation sites (N-methyl/N-ethyl adjacent to an activating group) is 1. The van der Waals surface area contributed by atoms with Crippen molar-refractivity contribution in [3.05, 3.63) is 48.0 Å². The summed E-state index contributed by atoms with van der Waals surface area (Å²) in [7, 11) is 4.96. The number of H-pyrrole nitrogens is 1. The minimum atomic E-state index is -0.569. The highest BCUT2D eigenvalue weighted by Crippen LogP contribution is 2.31. The van der Waals surface area contributed by atoms with Crippen molar-refractivity contribution in [2.45, 2.75) is 110 Å². The first-order valence-corrected chi connectivity index (χ1v) is 17.8. The Morgan fingerprint density at radius 2 is 1.76 bits per heavy atom. The number of carbonyl (C=O) groups is 4. The number of amides is 2. The molecule has 7 atom stereocenters. The normalized spacial score (nSPS) is 18.5. The van der Waals surface area contributed by atoms with Crippen LogP contribution in [0, 0.1) is 23.7 Å². The van der Waals surface area contributed by atoms with Crippen LogP contribution in [-0.4, -0.2) is 95.3 Å². The summed E-state index contributed by atoms with van der Waals surface area (Å²) in [5, 5.41) is 0. The molecule has 2 aromatic rings. The van der Waals surface area contributed by atoms with E-state index in [0.29, 0.717) is 30.6 Å². The molecule has 11 nitrogen and oxygen atoms in total. The first kappa shape index (κ1) is 39.9. The molecule has 1 aromatic heterocycles. The van der Waals surface area contributed by atoms with Crippen LogP contribution in [0.1, 0.15) is 95.6 Å². The number of aromatic amines is 1. The fourth-order valence-corrected chi connectivity index (χ4v) is 7.30. The van der Waals surface area contributed by atoms with Gasteiger partial charge in [0, 0.05) is 75.6 Å². The average Bonchev–Trinajstić information content (AvgIpc) is 3.79. The Hall–Kier alpha value is -3.57. The Bertz CT molecular complexity index is 1350. The summed E-state index contributed by atoms with van der Waals surface area (Å²) in [6.45, 7) is 10.5. The van der Waals surface area contributed by atoms with Gasteiger partial charge in [0.1, 0.15) is 5.78 Å². The lowest BCUT2D eigenvalue weighted by Crippen LogP contribution is -2.54. The van der Waals surface area contributed by atoms with E-state index < -0.39 is 24.2 Å². The summed E-state index contributed by atoms with van der Waals surface area (Å²) in [4.78, 5) is 65.3. The third-order valence-electron chi connectivity index (χ3n) is 10.5. The molecule has 0 spiro atoms. The summed E-state index contributed by atoms with van der Waals surface area (Å²) < 4.78 is 11.9. The first-order valence-electron chi connectivity index (χ1n) is 17.8. The standard InChI is InChI=1S/C38H59N5O6/c1-9-25(4)36(42(6)38(47)30(24(2)3)20-33(45)27-15-17-28(39)18-16-27)34(48-7)21-35(46)43-19-11-13-31(43)37(49-8)26(5)32(44)14-10-12-29-22-40-23-41-29/h15-18,22-26,30-31,34,36-37H,9-14,19-21,39H2,1-8H3,(H,40,41)/t25-,26-,30-,31-,34+,36-,37+/m0/s1. The Morgan fingerprint density at radius 3 is 2.33 bits per heavy atom. The van der Waals surface area contributed by atoms with Crippen LogP contribution in [-0.2, 0) is 30.3 Å². The topological polar surface area (TPSA) is 148 Å². The maximum atomic E-state index is 14.1. The molecular formula is C38H59N5O6. The van der Waals surface area contributed by atoms with Crippen LogP contribution in [0.15, 0.2) is 36.8 Å². The second-order valence-corrected chi connectivity index (χ2v) is 14.1. The van der Waals surface area contributed by atoms with Crippen LogP contribution in [0.5, 0.6) is 0 Å². The van der Waals surface area contributed by atoms with Gasteiger partial charge in [-0.1, -0.05) is 41.0 Å². The van der Waals surface area contributed by atoms with Crippen molar-refractivity contribution in [3.63, 3.8) is 0 Å². The molecule has 0 bridgehead atoms. The van der Waals surface area contributed by atoms with Crippen molar-refractivity contribution in [1.29, 1.82) is 0 Å². The lowest BCUT2D eigenvalue weighted by atomic mass is 9.85. The van der Waals surface area contributed by atoms with E-state index in [1.807, 2.05) is 25.7 Å². The van der Waals surface area contributed by atoms with Gasteiger partial charge in [-0.3, -0.25) is 19.2 Å². The number of hydrogen-bond donors (Lipinski definition) is 2. The summed E-state index contributed by atoms with van der Waals surface area (Å²) in [5.74, 6) is -1.19. The number of ether oxygens (including phenoxy) is 2. The van der Waals surface area contributed by atoms with Crippen LogP contribution < -0.4 is 5.73 Å². The van der Waals surface area contributed by atoms with E-state index in [-0.39, 0.29) is 60.0 Å². The molecule has 1 aliphatic rings. The first-order chi connectivity index (χ1) is 23.3. The molecule has 0 unspecified atom stereocenters. The molecule has 3 rings (SSSR count). The molecule has 2 amide bonds. The Balaban J connectivity index is 1.73. The van der Waals surface area contributed by atoms with Crippen LogP contribution >= 0.6 is 0 Å². The molecule has 0 radical (unpaired) electrons. The van der Waals surface area contributed by atoms with Crippen molar-refractivity contribution >= 4 is 29.1 Å². The zero-order valence-electron chi connectivity index (χ0n) is 30.8. The van der Waals surface area contributed by atoms with E-state index in [1.165, 1.54) is 0 Å². The number of Topliss-reactive ketones (excluding diaryl/α,β-unsaturated/α-hetero) is 2. The minimum Gasteiger partial charge on any atom is -0.399 e. The molecule has 3 N–H and O–H groups in total. The van der Waals surface area contributed by atoms with Crippen LogP contribution in [0.2, 0.25) is 0 Å². The summed E-state index contributed by atoms with van der Waals surface area (Å²) in [6, 6.07) is 6.13. The third kappa shape index (κ3) is 10.5. The second kappa shape index (κ2) is 19.0.